The second-order valence-corrected chi connectivity index (χ2v) is 8.88. The maximum atomic E-state index is 12.3. The van der Waals surface area contributed by atoms with Crippen molar-refractivity contribution in [2.45, 2.75) is 31.1 Å². The monoisotopic (exact) mass is 429 g/mol. The number of nitrogens with one attached hydrogen (secondary N) is 3. The van der Waals surface area contributed by atoms with Crippen LogP contribution in [0.2, 0.25) is 0 Å². The average Bonchev–Trinajstić information content (AvgIpc) is 3.55. The number of benzene rings is 2. The van der Waals surface area contributed by atoms with Crippen molar-refractivity contribution in [3.8, 4) is 0 Å². The Morgan fingerprint density at radius 3 is 2.00 bits per heavy atom. The predicted octanol–water partition coefficient (Wildman–Crippen LogP) is 2.54. The standard InChI is InChI=1S/C21H23N3O5S/c1-14(25)15-4-10-19(11-5-15)30(28,29)22-13-12-20(26)23-17-6-8-18(9-7-17)24-21(27)16-2-3-16/h4-11,16,22H,2-3,12-13H2,1H3,(H,23,26)(H,24,27). The average molecular weight is 429 g/mol. The summed E-state index contributed by atoms with van der Waals surface area (Å²) >= 11 is 0. The molecule has 1 saturated carbocycles. The molecule has 0 saturated heterocycles. The zero-order valence-corrected chi connectivity index (χ0v) is 17.3. The van der Waals surface area contributed by atoms with Gasteiger partial charge in [0.2, 0.25) is 21.8 Å². The van der Waals surface area contributed by atoms with Gasteiger partial charge in [-0.3, -0.25) is 14.4 Å². The van der Waals surface area contributed by atoms with Crippen molar-refractivity contribution < 1.29 is 22.8 Å². The molecular weight excluding hydrogens is 406 g/mol. The van der Waals surface area contributed by atoms with Gasteiger partial charge in [-0.2, -0.15) is 0 Å². The third-order valence-electron chi connectivity index (χ3n) is 4.60. The van der Waals surface area contributed by atoms with Crippen LogP contribution in [0.1, 0.15) is 36.5 Å². The van der Waals surface area contributed by atoms with E-state index in [1.165, 1.54) is 31.2 Å². The molecule has 2 amide bonds. The maximum absolute atomic E-state index is 12.3. The largest absolute Gasteiger partial charge is 0.326 e. The lowest BCUT2D eigenvalue weighted by atomic mass is 10.2. The second-order valence-electron chi connectivity index (χ2n) is 7.12. The highest BCUT2D eigenvalue weighted by molar-refractivity contribution is 7.89. The van der Waals surface area contributed by atoms with Crippen molar-refractivity contribution in [2.24, 2.45) is 5.92 Å². The number of amides is 2. The van der Waals surface area contributed by atoms with Gasteiger partial charge in [0, 0.05) is 35.8 Å². The zero-order chi connectivity index (χ0) is 21.7. The summed E-state index contributed by atoms with van der Waals surface area (Å²) in [5.74, 6) is -0.378. The van der Waals surface area contributed by atoms with Gasteiger partial charge in [0.15, 0.2) is 5.78 Å². The molecule has 8 nitrogen and oxygen atoms in total. The summed E-state index contributed by atoms with van der Waals surface area (Å²) in [6, 6.07) is 12.3. The van der Waals surface area contributed by atoms with Crippen LogP contribution >= 0.6 is 0 Å². The Bertz CT molecular complexity index is 1040. The number of hydrogen-bond donors (Lipinski definition) is 3. The molecule has 1 fully saturated rings. The minimum Gasteiger partial charge on any atom is -0.326 e. The molecule has 0 aliphatic heterocycles. The molecule has 0 atom stereocenters. The highest BCUT2D eigenvalue weighted by Gasteiger charge is 2.29. The lowest BCUT2D eigenvalue weighted by Gasteiger charge is -2.09. The van der Waals surface area contributed by atoms with E-state index < -0.39 is 10.0 Å². The normalized spacial score (nSPS) is 13.5. The zero-order valence-electron chi connectivity index (χ0n) is 16.5. The van der Waals surface area contributed by atoms with Gasteiger partial charge in [-0.1, -0.05) is 12.1 Å². The number of carbonyl (C=O) groups excluding carboxylic acids is 3. The smallest absolute Gasteiger partial charge is 0.240 e. The van der Waals surface area contributed by atoms with Gasteiger partial charge in [-0.05, 0) is 56.2 Å². The van der Waals surface area contributed by atoms with E-state index >= 15 is 0 Å². The summed E-state index contributed by atoms with van der Waals surface area (Å²) in [5, 5.41) is 5.49. The molecule has 0 bridgehead atoms. The van der Waals surface area contributed by atoms with E-state index in [2.05, 4.69) is 15.4 Å². The first-order valence-corrected chi connectivity index (χ1v) is 11.0. The fourth-order valence-electron chi connectivity index (χ4n) is 2.70. The molecule has 158 valence electrons. The maximum Gasteiger partial charge on any atom is 0.240 e. The third-order valence-corrected chi connectivity index (χ3v) is 6.08. The molecule has 0 unspecified atom stereocenters. The predicted molar refractivity (Wildman–Crippen MR) is 113 cm³/mol. The van der Waals surface area contributed by atoms with Gasteiger partial charge in [0.25, 0.3) is 0 Å². The van der Waals surface area contributed by atoms with Crippen LogP contribution in [0.4, 0.5) is 11.4 Å². The van der Waals surface area contributed by atoms with Crippen molar-refractivity contribution in [2.75, 3.05) is 17.2 Å². The topological polar surface area (TPSA) is 121 Å². The summed E-state index contributed by atoms with van der Waals surface area (Å²) in [6.07, 6.45) is 1.80. The third kappa shape index (κ3) is 5.98. The molecule has 1 aliphatic rings. The Morgan fingerprint density at radius 2 is 1.47 bits per heavy atom. The van der Waals surface area contributed by atoms with E-state index in [-0.39, 0.29) is 41.4 Å². The van der Waals surface area contributed by atoms with Crippen molar-refractivity contribution in [3.05, 3.63) is 54.1 Å². The number of sulfonamides is 1. The molecule has 0 aromatic heterocycles. The SMILES string of the molecule is CC(=O)c1ccc(S(=O)(=O)NCCC(=O)Nc2ccc(NC(=O)C3CC3)cc2)cc1. The number of rotatable bonds is 9. The molecule has 2 aromatic rings. The highest BCUT2D eigenvalue weighted by atomic mass is 32.2. The van der Waals surface area contributed by atoms with Crippen molar-refractivity contribution in [1.82, 2.24) is 4.72 Å². The molecule has 3 rings (SSSR count). The van der Waals surface area contributed by atoms with Crippen LogP contribution in [-0.4, -0.2) is 32.6 Å². The number of hydrogen-bond acceptors (Lipinski definition) is 5. The van der Waals surface area contributed by atoms with E-state index in [9.17, 15) is 22.8 Å². The summed E-state index contributed by atoms with van der Waals surface area (Å²) in [4.78, 5) is 35.1. The molecular formula is C21H23N3O5S. The van der Waals surface area contributed by atoms with Gasteiger partial charge in [0.1, 0.15) is 0 Å². The lowest BCUT2D eigenvalue weighted by Crippen LogP contribution is -2.27. The Hall–Kier alpha value is -3.04. The first-order chi connectivity index (χ1) is 14.2. The van der Waals surface area contributed by atoms with Crippen molar-refractivity contribution >= 4 is 39.0 Å². The van der Waals surface area contributed by atoms with E-state index in [1.54, 1.807) is 24.3 Å². The number of Topliss-reactive ketones (excluding diaryl/α,β-unsaturated/α-hetero) is 1. The molecule has 30 heavy (non-hydrogen) atoms. The van der Waals surface area contributed by atoms with E-state index in [0.717, 1.165) is 12.8 Å². The molecule has 3 N–H and O–H groups in total. The Labute approximate surface area is 175 Å². The summed E-state index contributed by atoms with van der Waals surface area (Å²) in [6.45, 7) is 1.33. The van der Waals surface area contributed by atoms with Gasteiger partial charge in [-0.25, -0.2) is 13.1 Å². The minimum atomic E-state index is -3.77. The number of anilines is 2. The molecule has 1 aliphatic carbocycles. The van der Waals surface area contributed by atoms with E-state index in [1.807, 2.05) is 0 Å². The van der Waals surface area contributed by atoms with E-state index in [4.69, 9.17) is 0 Å². The Balaban J connectivity index is 1.45. The van der Waals surface area contributed by atoms with E-state index in [0.29, 0.717) is 16.9 Å². The minimum absolute atomic E-state index is 0.00926. The second kappa shape index (κ2) is 9.19. The fourth-order valence-corrected chi connectivity index (χ4v) is 3.73. The van der Waals surface area contributed by atoms with Crippen LogP contribution in [-0.2, 0) is 19.6 Å². The van der Waals surface area contributed by atoms with Crippen LogP contribution in [0.3, 0.4) is 0 Å². The highest BCUT2D eigenvalue weighted by Crippen LogP contribution is 2.30. The summed E-state index contributed by atoms with van der Waals surface area (Å²) in [7, 11) is -3.77. The van der Waals surface area contributed by atoms with Crippen LogP contribution in [0.25, 0.3) is 0 Å². The van der Waals surface area contributed by atoms with Crippen LogP contribution in [0.15, 0.2) is 53.4 Å². The fraction of sp³-hybridized carbons (Fsp3) is 0.286. The Kier molecular flexibility index (Phi) is 6.63. The molecule has 9 heteroatoms. The first kappa shape index (κ1) is 21.7. The first-order valence-electron chi connectivity index (χ1n) is 9.56. The lowest BCUT2D eigenvalue weighted by molar-refractivity contribution is -0.117. The quantitative estimate of drug-likeness (QED) is 0.529. The van der Waals surface area contributed by atoms with Gasteiger partial charge < -0.3 is 10.6 Å². The van der Waals surface area contributed by atoms with Crippen molar-refractivity contribution in [3.63, 3.8) is 0 Å². The van der Waals surface area contributed by atoms with Gasteiger partial charge >= 0.3 is 0 Å². The molecule has 2 aromatic carbocycles. The van der Waals surface area contributed by atoms with Crippen LogP contribution in [0.5, 0.6) is 0 Å². The summed E-state index contributed by atoms with van der Waals surface area (Å²) in [5.41, 5.74) is 1.63. The molecule has 0 radical (unpaired) electrons. The van der Waals surface area contributed by atoms with Gasteiger partial charge in [-0.15, -0.1) is 0 Å². The van der Waals surface area contributed by atoms with Crippen molar-refractivity contribution in [1.29, 1.82) is 0 Å². The molecule has 0 heterocycles. The summed E-state index contributed by atoms with van der Waals surface area (Å²) < 4.78 is 26.9. The Morgan fingerprint density at radius 1 is 0.900 bits per heavy atom. The number of ketones is 1. The number of carbonyl (C=O) groups is 3. The van der Waals surface area contributed by atoms with Crippen LogP contribution < -0.4 is 15.4 Å². The molecule has 0 spiro atoms. The van der Waals surface area contributed by atoms with Gasteiger partial charge in [0.05, 0.1) is 4.90 Å². The van der Waals surface area contributed by atoms with Crippen LogP contribution in [0, 0.1) is 5.92 Å².